The highest BCUT2D eigenvalue weighted by Crippen LogP contribution is 2.29. The van der Waals surface area contributed by atoms with Crippen molar-refractivity contribution in [3.63, 3.8) is 0 Å². The van der Waals surface area contributed by atoms with Gasteiger partial charge in [-0.3, -0.25) is 0 Å². The maximum Gasteiger partial charge on any atom is 0.189 e. The van der Waals surface area contributed by atoms with E-state index in [2.05, 4.69) is 15.3 Å². The molecule has 1 aromatic rings. The maximum atomic E-state index is 9.75. The van der Waals surface area contributed by atoms with Crippen molar-refractivity contribution in [2.75, 3.05) is 11.6 Å². The number of hydrogen-bond donors (Lipinski definition) is 3. The predicted octanol–water partition coefficient (Wildman–Crippen LogP) is 1.26. The van der Waals surface area contributed by atoms with Crippen molar-refractivity contribution in [3.8, 4) is 0 Å². The van der Waals surface area contributed by atoms with E-state index < -0.39 is 0 Å². The monoisotopic (exact) mass is 269 g/mol. The third kappa shape index (κ3) is 2.76. The van der Waals surface area contributed by atoms with Crippen molar-refractivity contribution in [1.29, 1.82) is 0 Å². The first-order valence-electron chi connectivity index (χ1n) is 6.11. The predicted molar refractivity (Wildman–Crippen MR) is 71.6 cm³/mol. The number of aromatic nitrogens is 2. The minimum Gasteiger partial charge on any atom is -0.393 e. The lowest BCUT2D eigenvalue weighted by Crippen LogP contribution is -2.27. The molecule has 0 aliphatic heterocycles. The first kappa shape index (κ1) is 13.6. The van der Waals surface area contributed by atoms with Crippen LogP contribution in [0, 0.1) is 5.92 Å². The van der Waals surface area contributed by atoms with Crippen LogP contribution in [0.15, 0.2) is 11.4 Å². The van der Waals surface area contributed by atoms with Gasteiger partial charge in [-0.25, -0.2) is 9.97 Å². The third-order valence-corrected chi connectivity index (χ3v) is 4.09. The van der Waals surface area contributed by atoms with E-state index in [9.17, 15) is 10.2 Å². The van der Waals surface area contributed by atoms with Gasteiger partial charge in [-0.05, 0) is 19.1 Å². The molecule has 100 valence electrons. The Morgan fingerprint density at radius 3 is 2.83 bits per heavy atom. The molecule has 1 aliphatic rings. The van der Waals surface area contributed by atoms with Crippen LogP contribution in [0.4, 0.5) is 5.82 Å². The molecule has 1 heterocycles. The largest absolute Gasteiger partial charge is 0.393 e. The highest BCUT2D eigenvalue weighted by Gasteiger charge is 2.31. The lowest BCUT2D eigenvalue weighted by molar-refractivity contribution is 0.139. The van der Waals surface area contributed by atoms with Gasteiger partial charge < -0.3 is 15.5 Å². The summed E-state index contributed by atoms with van der Waals surface area (Å²) in [5.74, 6) is 0.882. The minimum atomic E-state index is -0.248. The molecular weight excluding hydrogens is 250 g/mol. The van der Waals surface area contributed by atoms with Crippen LogP contribution in [0.1, 0.15) is 25.3 Å². The number of aliphatic hydroxyl groups is 2. The SMILES string of the molecule is CSc1ncc(CO)c(N[C@@H]2CC[C@@H](O)[C@@H]2C)n1. The molecule has 0 radical (unpaired) electrons. The Morgan fingerprint density at radius 2 is 2.28 bits per heavy atom. The van der Waals surface area contributed by atoms with Gasteiger partial charge in [0.25, 0.3) is 0 Å². The van der Waals surface area contributed by atoms with Gasteiger partial charge in [0, 0.05) is 23.7 Å². The summed E-state index contributed by atoms with van der Waals surface area (Å²) < 4.78 is 0. The Labute approximate surface area is 111 Å². The molecule has 1 saturated carbocycles. The summed E-state index contributed by atoms with van der Waals surface area (Å²) in [6.45, 7) is 1.95. The number of thioether (sulfide) groups is 1. The van der Waals surface area contributed by atoms with E-state index in [0.29, 0.717) is 16.5 Å². The second-order valence-electron chi connectivity index (χ2n) is 4.64. The fourth-order valence-electron chi connectivity index (χ4n) is 2.25. The normalized spacial score (nSPS) is 27.4. The lowest BCUT2D eigenvalue weighted by Gasteiger charge is -2.21. The quantitative estimate of drug-likeness (QED) is 0.564. The van der Waals surface area contributed by atoms with Gasteiger partial charge in [-0.15, -0.1) is 0 Å². The molecule has 3 N–H and O–H groups in total. The summed E-state index contributed by atoms with van der Waals surface area (Å²) in [7, 11) is 0. The summed E-state index contributed by atoms with van der Waals surface area (Å²) in [6, 6.07) is 0.204. The highest BCUT2D eigenvalue weighted by atomic mass is 32.2. The van der Waals surface area contributed by atoms with E-state index in [-0.39, 0.29) is 24.7 Å². The topological polar surface area (TPSA) is 78.3 Å². The van der Waals surface area contributed by atoms with Crippen LogP contribution in [-0.4, -0.2) is 38.6 Å². The van der Waals surface area contributed by atoms with Crippen molar-refractivity contribution < 1.29 is 10.2 Å². The molecule has 18 heavy (non-hydrogen) atoms. The van der Waals surface area contributed by atoms with Crippen LogP contribution in [0.2, 0.25) is 0 Å². The zero-order valence-electron chi connectivity index (χ0n) is 10.6. The molecule has 0 unspecified atom stereocenters. The second-order valence-corrected chi connectivity index (χ2v) is 5.42. The maximum absolute atomic E-state index is 9.75. The molecule has 0 amide bonds. The van der Waals surface area contributed by atoms with E-state index >= 15 is 0 Å². The second kappa shape index (κ2) is 5.86. The van der Waals surface area contributed by atoms with Gasteiger partial charge in [0.1, 0.15) is 5.82 Å². The highest BCUT2D eigenvalue weighted by molar-refractivity contribution is 7.98. The van der Waals surface area contributed by atoms with Gasteiger partial charge in [0.05, 0.1) is 12.7 Å². The Kier molecular flexibility index (Phi) is 4.42. The van der Waals surface area contributed by atoms with E-state index in [1.165, 1.54) is 11.8 Å². The van der Waals surface area contributed by atoms with Crippen molar-refractivity contribution in [1.82, 2.24) is 9.97 Å². The van der Waals surface area contributed by atoms with E-state index in [0.717, 1.165) is 12.8 Å². The number of nitrogens with zero attached hydrogens (tertiary/aromatic N) is 2. The fourth-order valence-corrected chi connectivity index (χ4v) is 2.59. The molecule has 5 nitrogen and oxygen atoms in total. The number of hydrogen-bond acceptors (Lipinski definition) is 6. The van der Waals surface area contributed by atoms with E-state index in [1.54, 1.807) is 6.20 Å². The van der Waals surface area contributed by atoms with Crippen molar-refractivity contribution in [2.24, 2.45) is 5.92 Å². The summed E-state index contributed by atoms with van der Waals surface area (Å²) in [5, 5.41) is 23.1. The summed E-state index contributed by atoms with van der Waals surface area (Å²) in [4.78, 5) is 8.52. The zero-order chi connectivity index (χ0) is 13.1. The molecular formula is C12H19N3O2S. The molecule has 1 aromatic heterocycles. The summed E-state index contributed by atoms with van der Waals surface area (Å²) in [5.41, 5.74) is 0.696. The Balaban J connectivity index is 2.17. The van der Waals surface area contributed by atoms with E-state index in [1.807, 2.05) is 13.2 Å². The average molecular weight is 269 g/mol. The lowest BCUT2D eigenvalue weighted by atomic mass is 10.0. The first-order valence-corrected chi connectivity index (χ1v) is 7.33. The molecule has 6 heteroatoms. The van der Waals surface area contributed by atoms with Crippen LogP contribution in [0.5, 0.6) is 0 Å². The number of rotatable bonds is 4. The molecule has 2 rings (SSSR count). The van der Waals surface area contributed by atoms with Gasteiger partial charge >= 0.3 is 0 Å². The van der Waals surface area contributed by atoms with Gasteiger partial charge in [0.15, 0.2) is 5.16 Å². The van der Waals surface area contributed by atoms with Crippen LogP contribution >= 0.6 is 11.8 Å². The molecule has 1 aliphatic carbocycles. The molecule has 3 atom stereocenters. The Bertz CT molecular complexity index is 416. The van der Waals surface area contributed by atoms with Crippen LogP contribution in [-0.2, 0) is 6.61 Å². The van der Waals surface area contributed by atoms with Crippen molar-refractivity contribution in [3.05, 3.63) is 11.8 Å². The average Bonchev–Trinajstić information content (AvgIpc) is 2.70. The van der Waals surface area contributed by atoms with Crippen LogP contribution in [0.3, 0.4) is 0 Å². The number of nitrogens with one attached hydrogen (secondary N) is 1. The van der Waals surface area contributed by atoms with Gasteiger partial charge in [-0.2, -0.15) is 0 Å². The molecule has 0 bridgehead atoms. The van der Waals surface area contributed by atoms with Gasteiger partial charge in [-0.1, -0.05) is 18.7 Å². The molecule has 0 aromatic carbocycles. The molecule has 1 fully saturated rings. The molecule has 0 saturated heterocycles. The van der Waals surface area contributed by atoms with Gasteiger partial charge in [0.2, 0.25) is 0 Å². The Hall–Kier alpha value is -0.850. The van der Waals surface area contributed by atoms with Crippen LogP contribution < -0.4 is 5.32 Å². The smallest absolute Gasteiger partial charge is 0.189 e. The zero-order valence-corrected chi connectivity index (χ0v) is 11.4. The summed E-state index contributed by atoms with van der Waals surface area (Å²) in [6.07, 6.45) is 5.05. The van der Waals surface area contributed by atoms with E-state index in [4.69, 9.17) is 0 Å². The third-order valence-electron chi connectivity index (χ3n) is 3.53. The summed E-state index contributed by atoms with van der Waals surface area (Å²) >= 11 is 1.47. The number of anilines is 1. The number of aliphatic hydroxyl groups excluding tert-OH is 2. The Morgan fingerprint density at radius 1 is 1.50 bits per heavy atom. The standard InChI is InChI=1S/C12H19N3O2S/c1-7-9(3-4-10(7)17)14-11-8(6-16)5-13-12(15-11)18-2/h5,7,9-10,16-17H,3-4,6H2,1-2H3,(H,13,14,15)/t7-,9-,10-/m1/s1. The first-order chi connectivity index (χ1) is 8.65. The minimum absolute atomic E-state index is 0.0827. The fraction of sp³-hybridized carbons (Fsp3) is 0.667. The van der Waals surface area contributed by atoms with Crippen molar-refractivity contribution >= 4 is 17.6 Å². The van der Waals surface area contributed by atoms with Crippen LogP contribution in [0.25, 0.3) is 0 Å². The molecule has 0 spiro atoms. The van der Waals surface area contributed by atoms with Crippen molar-refractivity contribution in [2.45, 2.75) is 43.7 Å².